The van der Waals surface area contributed by atoms with E-state index in [9.17, 15) is 0 Å². The van der Waals surface area contributed by atoms with Crippen LogP contribution in [0.5, 0.6) is 0 Å². The van der Waals surface area contributed by atoms with E-state index in [4.69, 9.17) is 11.5 Å². The van der Waals surface area contributed by atoms with Crippen LogP contribution in [0.15, 0.2) is 0 Å². The topological polar surface area (TPSA) is 100 Å². The number of nitrogens with two attached hydrogens (primary N) is 2. The maximum absolute atomic E-state index is 5.94. The van der Waals surface area contributed by atoms with Crippen LogP contribution in [0.3, 0.4) is 0 Å². The molecule has 1 saturated heterocycles. The van der Waals surface area contributed by atoms with Crippen LogP contribution in [-0.4, -0.2) is 58.0 Å². The molecule has 0 spiro atoms. The fraction of sp³-hybridized carbons (Fsp3) is 1.00. The van der Waals surface area contributed by atoms with Gasteiger partial charge in [0.05, 0.1) is 5.66 Å². The van der Waals surface area contributed by atoms with Crippen LogP contribution in [-0.2, 0) is 0 Å². The van der Waals surface area contributed by atoms with E-state index in [2.05, 4.69) is 21.3 Å². The van der Waals surface area contributed by atoms with E-state index in [-0.39, 0.29) is 0 Å². The lowest BCUT2D eigenvalue weighted by Crippen LogP contribution is -2.63. The molecule has 1 heterocycles. The van der Waals surface area contributed by atoms with Crippen molar-refractivity contribution in [2.45, 2.75) is 12.1 Å². The molecule has 0 radical (unpaired) electrons. The quantitative estimate of drug-likeness (QED) is 0.255. The molecule has 0 unspecified atom stereocenters. The van der Waals surface area contributed by atoms with Gasteiger partial charge in [-0.05, 0) is 19.5 Å². The van der Waals surface area contributed by atoms with Crippen LogP contribution in [0, 0.1) is 0 Å². The van der Waals surface area contributed by atoms with Gasteiger partial charge in [-0.25, -0.2) is 0 Å². The molecule has 0 atom stereocenters. The van der Waals surface area contributed by atoms with E-state index in [0.717, 1.165) is 45.7 Å². The first-order valence-electron chi connectivity index (χ1n) is 6.11. The summed E-state index contributed by atoms with van der Waals surface area (Å²) in [6, 6.07) is 0. The molecule has 0 aromatic carbocycles. The zero-order chi connectivity index (χ0) is 11.7. The van der Waals surface area contributed by atoms with Gasteiger partial charge >= 0.3 is 0 Å². The number of rotatable bonds is 0. The Bertz CT molecular complexity index is 157. The monoisotopic (exact) mass is 230 g/mol. The molecule has 0 bridgehead atoms. The smallest absolute Gasteiger partial charge is 0.0892 e. The highest BCUT2D eigenvalue weighted by Crippen LogP contribution is 1.85. The lowest BCUT2D eigenvalue weighted by molar-refractivity contribution is 0.378. The Kier molecular flexibility index (Phi) is 6.86. The Morgan fingerprint density at radius 2 is 1.06 bits per heavy atom. The maximum Gasteiger partial charge on any atom is 0.0892 e. The van der Waals surface area contributed by atoms with Crippen LogP contribution in [0.2, 0.25) is 0 Å². The lowest BCUT2D eigenvalue weighted by atomic mass is 10.2. The minimum Gasteiger partial charge on any atom is -0.315 e. The third-order valence-electron chi connectivity index (χ3n) is 2.57. The fourth-order valence-corrected chi connectivity index (χ4v) is 1.65. The highest BCUT2D eigenvalue weighted by Gasteiger charge is 2.17. The van der Waals surface area contributed by atoms with E-state index in [1.54, 1.807) is 0 Å². The second kappa shape index (κ2) is 7.94. The normalized spacial score (nSPS) is 25.9. The lowest BCUT2D eigenvalue weighted by Gasteiger charge is -2.26. The zero-order valence-corrected chi connectivity index (χ0v) is 10.0. The van der Waals surface area contributed by atoms with E-state index in [1.807, 2.05) is 0 Å². The molecule has 1 aliphatic rings. The molecule has 96 valence electrons. The summed E-state index contributed by atoms with van der Waals surface area (Å²) in [5, 5.41) is 13.3. The molecular weight excluding hydrogens is 204 g/mol. The molecule has 1 fully saturated rings. The van der Waals surface area contributed by atoms with Crippen molar-refractivity contribution in [3.63, 3.8) is 0 Å². The van der Waals surface area contributed by atoms with Crippen LogP contribution in [0.1, 0.15) is 6.42 Å². The summed E-state index contributed by atoms with van der Waals surface area (Å²) in [6.07, 6.45) is 1.16. The van der Waals surface area contributed by atoms with Crippen molar-refractivity contribution < 1.29 is 0 Å². The van der Waals surface area contributed by atoms with Crippen molar-refractivity contribution in [2.24, 2.45) is 11.5 Å². The van der Waals surface area contributed by atoms with Crippen molar-refractivity contribution in [1.29, 1.82) is 0 Å². The Morgan fingerprint density at radius 1 is 0.625 bits per heavy atom. The fourth-order valence-electron chi connectivity index (χ4n) is 1.65. The Labute approximate surface area is 97.9 Å². The molecule has 16 heavy (non-hydrogen) atoms. The van der Waals surface area contributed by atoms with E-state index in [1.165, 1.54) is 0 Å². The highest BCUT2D eigenvalue weighted by atomic mass is 15.1. The summed E-state index contributed by atoms with van der Waals surface area (Å²) < 4.78 is 0. The zero-order valence-electron chi connectivity index (χ0n) is 10.0. The second-order valence-corrected chi connectivity index (χ2v) is 4.44. The van der Waals surface area contributed by atoms with Crippen LogP contribution < -0.4 is 32.7 Å². The number of hydrogen-bond donors (Lipinski definition) is 6. The standard InChI is InChI=1S/C10H26N6/c11-10(12)8-15-6-4-13-2-1-3-14-5-7-16-9-10/h13-16H,1-9,11-12H2. The predicted molar refractivity (Wildman–Crippen MR) is 67.2 cm³/mol. The summed E-state index contributed by atoms with van der Waals surface area (Å²) >= 11 is 0. The Balaban J connectivity index is 2.22. The molecule has 6 nitrogen and oxygen atoms in total. The van der Waals surface area contributed by atoms with E-state index < -0.39 is 5.66 Å². The van der Waals surface area contributed by atoms with Gasteiger partial charge in [-0.2, -0.15) is 0 Å². The predicted octanol–water partition coefficient (Wildman–Crippen LogP) is -2.64. The molecule has 0 aromatic heterocycles. The largest absolute Gasteiger partial charge is 0.315 e. The summed E-state index contributed by atoms with van der Waals surface area (Å²) in [5.41, 5.74) is 11.2. The minimum absolute atomic E-state index is 0.634. The van der Waals surface area contributed by atoms with Gasteiger partial charge in [-0.15, -0.1) is 0 Å². The highest BCUT2D eigenvalue weighted by molar-refractivity contribution is 4.82. The van der Waals surface area contributed by atoms with Crippen LogP contribution >= 0.6 is 0 Å². The van der Waals surface area contributed by atoms with Crippen molar-refractivity contribution >= 4 is 0 Å². The first kappa shape index (κ1) is 13.8. The molecule has 1 rings (SSSR count). The van der Waals surface area contributed by atoms with Gasteiger partial charge in [0.25, 0.3) is 0 Å². The third kappa shape index (κ3) is 7.10. The summed E-state index contributed by atoms with van der Waals surface area (Å²) in [4.78, 5) is 0. The maximum atomic E-state index is 5.94. The Morgan fingerprint density at radius 3 is 1.56 bits per heavy atom. The molecule has 0 saturated carbocycles. The van der Waals surface area contributed by atoms with Crippen molar-refractivity contribution in [2.75, 3.05) is 52.4 Å². The van der Waals surface area contributed by atoms with Crippen molar-refractivity contribution in [3.8, 4) is 0 Å². The average Bonchev–Trinajstić information content (AvgIpc) is 2.24. The van der Waals surface area contributed by atoms with Crippen LogP contribution in [0.4, 0.5) is 0 Å². The van der Waals surface area contributed by atoms with Gasteiger partial charge < -0.3 is 32.7 Å². The van der Waals surface area contributed by atoms with Gasteiger partial charge in [0.2, 0.25) is 0 Å². The first-order chi connectivity index (χ1) is 7.71. The van der Waals surface area contributed by atoms with Gasteiger partial charge in [-0.3, -0.25) is 0 Å². The number of nitrogens with one attached hydrogen (secondary N) is 4. The SMILES string of the molecule is NC1(N)CNCCNCCCNCCNC1. The molecule has 0 aromatic rings. The second-order valence-electron chi connectivity index (χ2n) is 4.44. The molecule has 0 amide bonds. The van der Waals surface area contributed by atoms with Gasteiger partial charge in [0.1, 0.15) is 0 Å². The van der Waals surface area contributed by atoms with Crippen molar-refractivity contribution in [3.05, 3.63) is 0 Å². The number of hydrogen-bond acceptors (Lipinski definition) is 6. The van der Waals surface area contributed by atoms with Crippen molar-refractivity contribution in [1.82, 2.24) is 21.3 Å². The summed E-state index contributed by atoms with van der Waals surface area (Å²) in [7, 11) is 0. The minimum atomic E-state index is -0.663. The third-order valence-corrected chi connectivity index (χ3v) is 2.57. The Hall–Kier alpha value is -0.240. The molecule has 1 aliphatic heterocycles. The summed E-state index contributed by atoms with van der Waals surface area (Å²) in [5.74, 6) is 0. The van der Waals surface area contributed by atoms with Gasteiger partial charge in [0, 0.05) is 39.3 Å². The molecule has 0 aliphatic carbocycles. The molecule has 8 N–H and O–H groups in total. The molecular formula is C10H26N6. The average molecular weight is 230 g/mol. The van der Waals surface area contributed by atoms with Gasteiger partial charge in [0.15, 0.2) is 0 Å². The van der Waals surface area contributed by atoms with Gasteiger partial charge in [-0.1, -0.05) is 0 Å². The van der Waals surface area contributed by atoms with E-state index in [0.29, 0.717) is 13.1 Å². The molecule has 6 heteroatoms. The van der Waals surface area contributed by atoms with E-state index >= 15 is 0 Å². The van der Waals surface area contributed by atoms with Crippen LogP contribution in [0.25, 0.3) is 0 Å². The summed E-state index contributed by atoms with van der Waals surface area (Å²) in [6.45, 7) is 7.11. The first-order valence-corrected chi connectivity index (χ1v) is 6.11.